The van der Waals surface area contributed by atoms with E-state index in [0.717, 1.165) is 56.1 Å². The third-order valence-electron chi connectivity index (χ3n) is 8.61. The van der Waals surface area contributed by atoms with Gasteiger partial charge in [0.15, 0.2) is 5.13 Å². The second kappa shape index (κ2) is 12.8. The monoisotopic (exact) mass is 606 g/mol. The number of rotatable bonds is 12. The first-order valence-corrected chi connectivity index (χ1v) is 15.9. The molecule has 1 aromatic carbocycles. The zero-order valence-electron chi connectivity index (χ0n) is 23.9. The molecule has 11 heteroatoms. The number of pyridine rings is 1. The Kier molecular flexibility index (Phi) is 8.69. The number of carboxylic acids is 1. The molecule has 3 heterocycles. The maximum atomic E-state index is 13.9. The van der Waals surface area contributed by atoms with Crippen molar-refractivity contribution in [3.63, 3.8) is 0 Å². The van der Waals surface area contributed by atoms with Gasteiger partial charge in [0.1, 0.15) is 11.6 Å². The Morgan fingerprint density at radius 1 is 1.12 bits per heavy atom. The van der Waals surface area contributed by atoms with Crippen LogP contribution in [0.5, 0.6) is 5.75 Å². The number of aliphatic carboxylic acids is 1. The van der Waals surface area contributed by atoms with Gasteiger partial charge in [-0.15, -0.1) is 11.3 Å². The van der Waals surface area contributed by atoms with Crippen molar-refractivity contribution in [2.24, 2.45) is 11.8 Å². The van der Waals surface area contributed by atoms with E-state index in [4.69, 9.17) is 9.72 Å². The highest BCUT2D eigenvalue weighted by Gasteiger charge is 2.40. The number of carbonyl (C=O) groups is 3. The highest BCUT2D eigenvalue weighted by atomic mass is 32.1. The summed E-state index contributed by atoms with van der Waals surface area (Å²) in [6.45, 7) is -0.325. The van der Waals surface area contributed by atoms with Gasteiger partial charge in [-0.3, -0.25) is 24.2 Å². The number of aromatic nitrogens is 2. The summed E-state index contributed by atoms with van der Waals surface area (Å²) in [5, 5.41) is 12.0. The summed E-state index contributed by atoms with van der Waals surface area (Å²) in [6, 6.07) is 8.96. The topological polar surface area (TPSA) is 113 Å². The van der Waals surface area contributed by atoms with E-state index in [1.807, 2.05) is 23.6 Å². The van der Waals surface area contributed by atoms with Crippen molar-refractivity contribution in [2.75, 3.05) is 23.2 Å². The van der Waals surface area contributed by atoms with Gasteiger partial charge < -0.3 is 9.84 Å². The number of alkyl halides is 1. The molecule has 43 heavy (non-hydrogen) atoms. The van der Waals surface area contributed by atoms with Crippen molar-refractivity contribution in [1.29, 1.82) is 0 Å². The summed E-state index contributed by atoms with van der Waals surface area (Å²) < 4.78 is 18.3. The van der Waals surface area contributed by atoms with Crippen LogP contribution in [0.15, 0.2) is 41.9 Å². The molecule has 1 saturated heterocycles. The second-order valence-corrected chi connectivity index (χ2v) is 12.5. The van der Waals surface area contributed by atoms with Crippen LogP contribution in [0.4, 0.5) is 15.3 Å². The van der Waals surface area contributed by atoms with Crippen LogP contribution in [0.1, 0.15) is 64.2 Å². The van der Waals surface area contributed by atoms with Gasteiger partial charge in [-0.25, -0.2) is 14.4 Å². The van der Waals surface area contributed by atoms with Crippen LogP contribution in [0, 0.1) is 11.8 Å². The number of nitrogens with zero attached hydrogens (tertiary/aromatic N) is 4. The van der Waals surface area contributed by atoms with Gasteiger partial charge in [0.2, 0.25) is 18.7 Å². The quantitative estimate of drug-likeness (QED) is 0.251. The van der Waals surface area contributed by atoms with Crippen LogP contribution in [0.3, 0.4) is 0 Å². The minimum absolute atomic E-state index is 0.0112. The van der Waals surface area contributed by atoms with Crippen LogP contribution < -0.4 is 14.5 Å². The zero-order valence-corrected chi connectivity index (χ0v) is 24.7. The lowest BCUT2D eigenvalue weighted by Gasteiger charge is -2.26. The smallest absolute Gasteiger partial charge is 0.304 e. The van der Waals surface area contributed by atoms with E-state index in [-0.39, 0.29) is 24.3 Å². The minimum atomic E-state index is -0.975. The maximum Gasteiger partial charge on any atom is 0.304 e. The molecular formula is C32H35FN4O5S. The van der Waals surface area contributed by atoms with E-state index in [9.17, 15) is 23.9 Å². The molecule has 9 nitrogen and oxygen atoms in total. The molecule has 226 valence electrons. The van der Waals surface area contributed by atoms with E-state index in [0.29, 0.717) is 53.3 Å². The predicted molar refractivity (Wildman–Crippen MR) is 162 cm³/mol. The molecule has 1 aliphatic heterocycles. The van der Waals surface area contributed by atoms with E-state index < -0.39 is 18.7 Å². The predicted octanol–water partition coefficient (Wildman–Crippen LogP) is 6.47. The lowest BCUT2D eigenvalue weighted by atomic mass is 9.90. The van der Waals surface area contributed by atoms with Gasteiger partial charge in [0, 0.05) is 47.6 Å². The third-order valence-corrected chi connectivity index (χ3v) is 9.45. The average Bonchev–Trinajstić information content (AvgIpc) is 3.34. The van der Waals surface area contributed by atoms with Gasteiger partial charge in [-0.05, 0) is 67.5 Å². The van der Waals surface area contributed by atoms with Crippen LogP contribution in [0.2, 0.25) is 0 Å². The molecule has 2 saturated carbocycles. The lowest BCUT2D eigenvalue weighted by Crippen LogP contribution is -2.39. The minimum Gasteiger partial charge on any atom is -0.481 e. The number of carbonyl (C=O) groups excluding carboxylic acids is 2. The molecule has 0 spiro atoms. The van der Waals surface area contributed by atoms with Gasteiger partial charge in [0.05, 0.1) is 12.1 Å². The molecule has 0 unspecified atom stereocenters. The molecule has 1 atom stereocenters. The van der Waals surface area contributed by atoms with Crippen molar-refractivity contribution in [3.05, 3.63) is 41.9 Å². The normalized spacial score (nSPS) is 17.8. The zero-order chi connectivity index (χ0) is 29.9. The molecule has 2 aliphatic carbocycles. The molecule has 2 aromatic heterocycles. The van der Waals surface area contributed by atoms with Crippen molar-refractivity contribution < 1.29 is 28.6 Å². The Morgan fingerprint density at radius 2 is 1.93 bits per heavy atom. The molecular weight excluding hydrogens is 571 g/mol. The highest BCUT2D eigenvalue weighted by Crippen LogP contribution is 2.41. The summed E-state index contributed by atoms with van der Waals surface area (Å²) in [6.07, 6.45) is 9.49. The molecule has 6 rings (SSSR count). The van der Waals surface area contributed by atoms with Crippen LogP contribution in [-0.4, -0.2) is 52.3 Å². The standard InChI is InChI=1S/C32H35FN4O5S/c33-19-42-24-10-11-25(21-7-12-28(34-17-21)36-13-3-6-29(36)38)26(16-24)27-18-43-32(35-27)37(23-8-9-23)31(41)22(15-30(39)40)14-20-4-1-2-5-20/h7,10-12,16-18,20,22-23H,1-6,8-9,13-15,19H2,(H,39,40)/t22-/m1/s1. The highest BCUT2D eigenvalue weighted by molar-refractivity contribution is 7.14. The number of carboxylic acid groups (broad SMARTS) is 1. The Morgan fingerprint density at radius 3 is 2.58 bits per heavy atom. The Hall–Kier alpha value is -3.86. The molecule has 1 N–H and O–H groups in total. The second-order valence-electron chi connectivity index (χ2n) is 11.7. The SMILES string of the molecule is O=C(O)C[C@@H](CC1CCCC1)C(=O)N(c1nc(-c2cc(OCF)ccc2-c2ccc(N3CCCC3=O)nc2)cs1)C1CC1. The summed E-state index contributed by atoms with van der Waals surface area (Å²) in [4.78, 5) is 50.7. The Bertz CT molecular complexity index is 1490. The summed E-state index contributed by atoms with van der Waals surface area (Å²) in [5.41, 5.74) is 2.88. The number of benzene rings is 1. The molecule has 2 amide bonds. The van der Waals surface area contributed by atoms with Gasteiger partial charge in [-0.2, -0.15) is 0 Å². The Labute approximate surface area is 253 Å². The average molecular weight is 607 g/mol. The van der Waals surface area contributed by atoms with E-state index in [1.54, 1.807) is 28.1 Å². The van der Waals surface area contributed by atoms with Crippen molar-refractivity contribution in [1.82, 2.24) is 9.97 Å². The molecule has 0 radical (unpaired) electrons. The fourth-order valence-corrected chi connectivity index (χ4v) is 7.22. The number of hydrogen-bond acceptors (Lipinski definition) is 7. The number of anilines is 2. The maximum absolute atomic E-state index is 13.9. The first-order valence-electron chi connectivity index (χ1n) is 15.0. The van der Waals surface area contributed by atoms with E-state index >= 15 is 0 Å². The fourth-order valence-electron chi connectivity index (χ4n) is 6.32. The Balaban J connectivity index is 1.31. The summed E-state index contributed by atoms with van der Waals surface area (Å²) in [5.74, 6) is -0.321. The van der Waals surface area contributed by atoms with Crippen molar-refractivity contribution in [2.45, 2.75) is 70.3 Å². The van der Waals surface area contributed by atoms with Crippen LogP contribution in [0.25, 0.3) is 22.4 Å². The van der Waals surface area contributed by atoms with E-state index in [2.05, 4.69) is 4.98 Å². The van der Waals surface area contributed by atoms with Crippen LogP contribution in [-0.2, 0) is 14.4 Å². The van der Waals surface area contributed by atoms with Gasteiger partial charge in [0.25, 0.3) is 0 Å². The lowest BCUT2D eigenvalue weighted by molar-refractivity contribution is -0.141. The number of halogens is 1. The van der Waals surface area contributed by atoms with Gasteiger partial charge >= 0.3 is 5.97 Å². The number of hydrogen-bond donors (Lipinski definition) is 1. The summed E-state index contributed by atoms with van der Waals surface area (Å²) in [7, 11) is 0. The number of thiazole rings is 1. The number of amides is 2. The van der Waals surface area contributed by atoms with Crippen molar-refractivity contribution >= 4 is 40.1 Å². The molecule has 3 aliphatic rings. The first kappa shape index (κ1) is 29.2. The third kappa shape index (κ3) is 6.56. The van der Waals surface area contributed by atoms with Crippen molar-refractivity contribution in [3.8, 4) is 28.1 Å². The molecule has 3 aromatic rings. The molecule has 0 bridgehead atoms. The van der Waals surface area contributed by atoms with Crippen LogP contribution >= 0.6 is 11.3 Å². The van der Waals surface area contributed by atoms with E-state index in [1.165, 1.54) is 11.3 Å². The molecule has 3 fully saturated rings. The number of ether oxygens (including phenoxy) is 1. The largest absolute Gasteiger partial charge is 0.481 e. The van der Waals surface area contributed by atoms with Gasteiger partial charge in [-0.1, -0.05) is 25.7 Å². The first-order chi connectivity index (χ1) is 20.9. The summed E-state index contributed by atoms with van der Waals surface area (Å²) >= 11 is 1.34. The fraction of sp³-hybridized carbons (Fsp3) is 0.469.